The van der Waals surface area contributed by atoms with Crippen LogP contribution in [0.2, 0.25) is 0 Å². The maximum absolute atomic E-state index is 13.7. The first kappa shape index (κ1) is 23.5. The van der Waals surface area contributed by atoms with Gasteiger partial charge < -0.3 is 10.1 Å². The molecule has 1 aliphatic rings. The molecule has 4 nitrogen and oxygen atoms in total. The van der Waals surface area contributed by atoms with E-state index in [1.165, 1.54) is 0 Å². The Bertz CT molecular complexity index is 947. The second-order valence-corrected chi connectivity index (χ2v) is 8.29. The molecule has 0 fully saturated rings. The summed E-state index contributed by atoms with van der Waals surface area (Å²) in [6, 6.07) is 2.27. The monoisotopic (exact) mass is 424 g/mol. The van der Waals surface area contributed by atoms with Crippen LogP contribution in [-0.4, -0.2) is 12.6 Å². The van der Waals surface area contributed by atoms with Gasteiger partial charge in [-0.3, -0.25) is 0 Å². The normalized spacial score (nSPS) is 17.5. The molecule has 0 saturated carbocycles. The van der Waals surface area contributed by atoms with E-state index in [2.05, 4.69) is 10.2 Å². The minimum Gasteiger partial charge on any atom is -0.462 e. The summed E-state index contributed by atoms with van der Waals surface area (Å²) in [7, 11) is 0. The number of allylic oxidation sites excluding steroid dienone is 3. The number of hydrogen-bond donors (Lipinski definition) is 1. The number of ether oxygens (including phenoxy) is 1. The minimum absolute atomic E-state index is 0.0463. The number of nitrogens with one attached hydrogen (secondary N) is 1. The third kappa shape index (κ3) is 5.02. The van der Waals surface area contributed by atoms with Crippen LogP contribution < -0.4 is 5.32 Å². The molecule has 0 radical (unpaired) electrons. The lowest BCUT2D eigenvalue weighted by Gasteiger charge is -2.31. The first-order valence-electron chi connectivity index (χ1n) is 9.42. The van der Waals surface area contributed by atoms with Crippen molar-refractivity contribution in [2.24, 2.45) is 5.41 Å². The second-order valence-electron chi connectivity index (χ2n) is 8.29. The molecule has 1 atom stereocenters. The van der Waals surface area contributed by atoms with Crippen LogP contribution in [-0.2, 0) is 15.7 Å². The molecule has 0 bridgehead atoms. The average Bonchev–Trinajstić information content (AvgIpc) is 2.63. The van der Waals surface area contributed by atoms with Crippen molar-refractivity contribution < 1.29 is 27.1 Å². The summed E-state index contributed by atoms with van der Waals surface area (Å²) in [6.07, 6.45) is -4.56. The van der Waals surface area contributed by atoms with E-state index >= 15 is 0 Å². The molecule has 1 heterocycles. The molecule has 30 heavy (non-hydrogen) atoms. The van der Waals surface area contributed by atoms with Crippen LogP contribution in [0.15, 0.2) is 40.9 Å². The lowest BCUT2D eigenvalue weighted by atomic mass is 9.81. The number of esters is 1. The zero-order valence-corrected chi connectivity index (χ0v) is 17.5. The Morgan fingerprint density at radius 2 is 1.90 bits per heavy atom. The van der Waals surface area contributed by atoms with Crippen molar-refractivity contribution in [3.05, 3.63) is 69.2 Å². The van der Waals surface area contributed by atoms with Gasteiger partial charge in [0.1, 0.15) is 5.82 Å². The maximum Gasteiger partial charge on any atom is 0.416 e. The van der Waals surface area contributed by atoms with Gasteiger partial charge in [-0.05, 0) is 36.5 Å². The number of halogens is 4. The fourth-order valence-corrected chi connectivity index (χ4v) is 3.24. The summed E-state index contributed by atoms with van der Waals surface area (Å²) in [5, 5.41) is 2.95. The summed E-state index contributed by atoms with van der Waals surface area (Å²) in [6.45, 7) is 16.4. The summed E-state index contributed by atoms with van der Waals surface area (Å²) in [5.41, 5.74) is -1.34. The van der Waals surface area contributed by atoms with Crippen molar-refractivity contribution in [2.45, 2.75) is 53.1 Å². The van der Waals surface area contributed by atoms with E-state index in [1.807, 2.05) is 20.8 Å². The van der Waals surface area contributed by atoms with E-state index in [-0.39, 0.29) is 28.9 Å². The van der Waals surface area contributed by atoms with E-state index in [0.29, 0.717) is 23.9 Å². The Morgan fingerprint density at radius 1 is 1.27 bits per heavy atom. The van der Waals surface area contributed by atoms with Crippen LogP contribution in [0.25, 0.3) is 4.85 Å². The molecule has 1 aromatic rings. The molecule has 8 heteroatoms. The van der Waals surface area contributed by atoms with Crippen LogP contribution in [0.3, 0.4) is 0 Å². The van der Waals surface area contributed by atoms with Crippen molar-refractivity contribution in [1.29, 1.82) is 0 Å². The lowest BCUT2D eigenvalue weighted by Crippen LogP contribution is -2.31. The van der Waals surface area contributed by atoms with Gasteiger partial charge in [-0.1, -0.05) is 33.8 Å². The molecule has 2 rings (SSSR count). The lowest BCUT2D eigenvalue weighted by molar-refractivity contribution is -0.143. The Labute approximate surface area is 173 Å². The van der Waals surface area contributed by atoms with Gasteiger partial charge in [-0.25, -0.2) is 14.0 Å². The number of hydrogen-bond acceptors (Lipinski definition) is 3. The van der Waals surface area contributed by atoms with Crippen LogP contribution in [0, 0.1) is 17.8 Å². The summed E-state index contributed by atoms with van der Waals surface area (Å²) in [4.78, 5) is 16.4. The van der Waals surface area contributed by atoms with Crippen molar-refractivity contribution in [3.8, 4) is 0 Å². The van der Waals surface area contributed by atoms with Gasteiger partial charge in [0, 0.05) is 11.4 Å². The number of rotatable bonds is 4. The highest BCUT2D eigenvalue weighted by atomic mass is 19.4. The van der Waals surface area contributed by atoms with E-state index in [4.69, 9.17) is 11.3 Å². The van der Waals surface area contributed by atoms with E-state index in [1.54, 1.807) is 13.8 Å². The highest BCUT2D eigenvalue weighted by Crippen LogP contribution is 2.45. The minimum atomic E-state index is -4.86. The Hall–Kier alpha value is -2.82. The molecule has 1 aliphatic heterocycles. The van der Waals surface area contributed by atoms with Crippen molar-refractivity contribution in [2.75, 3.05) is 6.61 Å². The molecule has 0 spiro atoms. The van der Waals surface area contributed by atoms with Gasteiger partial charge in [-0.2, -0.15) is 13.2 Å². The first-order chi connectivity index (χ1) is 13.8. The number of dihydropyridines is 1. The van der Waals surface area contributed by atoms with Crippen LogP contribution in [0.5, 0.6) is 0 Å². The first-order valence-corrected chi connectivity index (χ1v) is 9.42. The zero-order valence-electron chi connectivity index (χ0n) is 17.5. The third-order valence-electron chi connectivity index (χ3n) is 4.57. The number of benzene rings is 1. The van der Waals surface area contributed by atoms with Crippen LogP contribution >= 0.6 is 0 Å². The quantitative estimate of drug-likeness (QED) is 0.370. The van der Waals surface area contributed by atoms with E-state index < -0.39 is 29.4 Å². The number of alkyl halides is 3. The molecule has 162 valence electrons. The van der Waals surface area contributed by atoms with Crippen LogP contribution in [0.4, 0.5) is 17.6 Å². The standard InChI is InChI=1S/C22H24F4N2O2/c1-7-16-18(20(29)30-11-21(3,4)5)17(19(27-6)12(2)28-16)14-9-8-13(23)10-15(14)22(24,25)26/h8-10,17,28H,7,11H2,1-5H3. The highest BCUT2D eigenvalue weighted by molar-refractivity contribution is 5.93. The number of carbonyl (C=O) groups is 1. The topological polar surface area (TPSA) is 42.7 Å². The van der Waals surface area contributed by atoms with E-state index in [9.17, 15) is 22.4 Å². The van der Waals surface area contributed by atoms with Crippen molar-refractivity contribution in [3.63, 3.8) is 0 Å². The van der Waals surface area contributed by atoms with Gasteiger partial charge >= 0.3 is 12.1 Å². The van der Waals surface area contributed by atoms with Crippen LogP contribution in [0.1, 0.15) is 58.1 Å². The molecule has 0 amide bonds. The molecular weight excluding hydrogens is 400 g/mol. The maximum atomic E-state index is 13.7. The third-order valence-corrected chi connectivity index (χ3v) is 4.57. The zero-order chi connectivity index (χ0) is 22.9. The van der Waals surface area contributed by atoms with Gasteiger partial charge in [0.2, 0.25) is 0 Å². The highest BCUT2D eigenvalue weighted by Gasteiger charge is 2.42. The summed E-state index contributed by atoms with van der Waals surface area (Å²) >= 11 is 0. The predicted octanol–water partition coefficient (Wildman–Crippen LogP) is 5.94. The molecule has 0 aliphatic carbocycles. The van der Waals surface area contributed by atoms with E-state index in [0.717, 1.165) is 12.1 Å². The van der Waals surface area contributed by atoms with Crippen molar-refractivity contribution in [1.82, 2.24) is 5.32 Å². The average molecular weight is 424 g/mol. The summed E-state index contributed by atoms with van der Waals surface area (Å²) < 4.78 is 60.2. The van der Waals surface area contributed by atoms with Gasteiger partial charge in [0.05, 0.1) is 30.2 Å². The molecule has 0 saturated heterocycles. The Kier molecular flexibility index (Phi) is 6.65. The molecule has 1 N–H and O–H groups in total. The second kappa shape index (κ2) is 8.50. The molecular formula is C22H24F4N2O2. The smallest absolute Gasteiger partial charge is 0.416 e. The van der Waals surface area contributed by atoms with Gasteiger partial charge in [0.25, 0.3) is 0 Å². The number of nitrogens with zero attached hydrogens (tertiary/aromatic N) is 1. The predicted molar refractivity (Wildman–Crippen MR) is 104 cm³/mol. The van der Waals surface area contributed by atoms with Crippen molar-refractivity contribution >= 4 is 5.97 Å². The van der Waals surface area contributed by atoms with Gasteiger partial charge in [0.15, 0.2) is 5.70 Å². The Morgan fingerprint density at radius 3 is 2.40 bits per heavy atom. The van der Waals surface area contributed by atoms with Gasteiger partial charge in [-0.15, -0.1) is 0 Å². The fraction of sp³-hybridized carbons (Fsp3) is 0.455. The molecule has 0 aromatic heterocycles. The molecule has 1 unspecified atom stereocenters. The summed E-state index contributed by atoms with van der Waals surface area (Å²) in [5.74, 6) is -3.17. The fourth-order valence-electron chi connectivity index (χ4n) is 3.24. The molecule has 1 aromatic carbocycles. The number of carbonyl (C=O) groups excluding carboxylic acids is 1. The SMILES string of the molecule is [C-]#[N+]C1=C(C)NC(CC)=C(C(=O)OCC(C)(C)C)C1c1ccc(F)cc1C(F)(F)F. The largest absolute Gasteiger partial charge is 0.462 e. The Balaban J connectivity index is 2.73.